The van der Waals surface area contributed by atoms with Crippen molar-refractivity contribution in [2.24, 2.45) is 5.73 Å². The molecule has 4 heteroatoms. The number of rotatable bonds is 3. The topological polar surface area (TPSA) is 66.6 Å². The van der Waals surface area contributed by atoms with Crippen LogP contribution in [-0.2, 0) is 0 Å². The standard InChI is InChI=1S/C11H16N2O2/c1-13(2)11(15)9-5-3-8(4-6-9)10(14)7-12/h3-6,10,14H,7,12H2,1-2H3/t10-/m1/s1. The Kier molecular flexibility index (Phi) is 3.82. The number of amides is 1. The summed E-state index contributed by atoms with van der Waals surface area (Å²) in [6.45, 7) is 0.182. The summed E-state index contributed by atoms with van der Waals surface area (Å²) >= 11 is 0. The highest BCUT2D eigenvalue weighted by Crippen LogP contribution is 2.13. The van der Waals surface area contributed by atoms with Crippen LogP contribution in [0.4, 0.5) is 0 Å². The molecular weight excluding hydrogens is 192 g/mol. The number of hydrogen-bond acceptors (Lipinski definition) is 3. The Hall–Kier alpha value is -1.39. The Morgan fingerprint density at radius 2 is 1.93 bits per heavy atom. The Balaban J connectivity index is 2.85. The molecule has 0 saturated carbocycles. The highest BCUT2D eigenvalue weighted by Gasteiger charge is 2.09. The molecule has 1 atom stereocenters. The van der Waals surface area contributed by atoms with Gasteiger partial charge in [0.05, 0.1) is 6.10 Å². The highest BCUT2D eigenvalue weighted by atomic mass is 16.3. The summed E-state index contributed by atoms with van der Waals surface area (Å²) < 4.78 is 0. The Morgan fingerprint density at radius 1 is 1.40 bits per heavy atom. The molecule has 15 heavy (non-hydrogen) atoms. The van der Waals surface area contributed by atoms with Crippen molar-refractivity contribution in [2.45, 2.75) is 6.10 Å². The Labute approximate surface area is 89.3 Å². The quantitative estimate of drug-likeness (QED) is 0.754. The summed E-state index contributed by atoms with van der Waals surface area (Å²) in [6, 6.07) is 6.82. The van der Waals surface area contributed by atoms with Crippen LogP contribution in [0.25, 0.3) is 0 Å². The molecule has 3 N–H and O–H groups in total. The molecule has 0 aliphatic rings. The van der Waals surface area contributed by atoms with Crippen LogP contribution in [0.1, 0.15) is 22.0 Å². The van der Waals surface area contributed by atoms with E-state index < -0.39 is 6.10 Å². The molecule has 1 aromatic rings. The number of aliphatic hydroxyl groups excluding tert-OH is 1. The second kappa shape index (κ2) is 4.91. The average molecular weight is 208 g/mol. The molecular formula is C11H16N2O2. The lowest BCUT2D eigenvalue weighted by Gasteiger charge is -2.12. The van der Waals surface area contributed by atoms with E-state index in [9.17, 15) is 9.90 Å². The first-order valence-corrected chi connectivity index (χ1v) is 4.76. The molecule has 0 radical (unpaired) electrons. The minimum Gasteiger partial charge on any atom is -0.387 e. The van der Waals surface area contributed by atoms with Crippen LogP contribution in [0.2, 0.25) is 0 Å². The summed E-state index contributed by atoms with van der Waals surface area (Å²) in [5.74, 6) is -0.0520. The van der Waals surface area contributed by atoms with Crippen molar-refractivity contribution in [3.05, 3.63) is 35.4 Å². The fourth-order valence-corrected chi connectivity index (χ4v) is 1.24. The Morgan fingerprint density at radius 3 is 2.33 bits per heavy atom. The van der Waals surface area contributed by atoms with Gasteiger partial charge in [-0.05, 0) is 17.7 Å². The first kappa shape index (κ1) is 11.7. The van der Waals surface area contributed by atoms with E-state index in [2.05, 4.69) is 0 Å². The summed E-state index contributed by atoms with van der Waals surface area (Å²) in [4.78, 5) is 13.0. The van der Waals surface area contributed by atoms with Crippen LogP contribution in [-0.4, -0.2) is 36.6 Å². The zero-order valence-electron chi connectivity index (χ0n) is 8.97. The number of hydrogen-bond donors (Lipinski definition) is 2. The molecule has 0 unspecified atom stereocenters. The highest BCUT2D eigenvalue weighted by molar-refractivity contribution is 5.93. The Bertz CT molecular complexity index is 333. The molecule has 0 bridgehead atoms. The molecule has 1 aromatic carbocycles. The van der Waals surface area contributed by atoms with E-state index in [4.69, 9.17) is 5.73 Å². The van der Waals surface area contributed by atoms with E-state index in [0.29, 0.717) is 5.56 Å². The van der Waals surface area contributed by atoms with Crippen molar-refractivity contribution < 1.29 is 9.90 Å². The van der Waals surface area contributed by atoms with Crippen molar-refractivity contribution in [3.63, 3.8) is 0 Å². The van der Waals surface area contributed by atoms with Gasteiger partial charge >= 0.3 is 0 Å². The molecule has 1 rings (SSSR count). The molecule has 82 valence electrons. The predicted octanol–water partition coefficient (Wildman–Crippen LogP) is 0.380. The average Bonchev–Trinajstić information content (AvgIpc) is 2.27. The minimum absolute atomic E-state index is 0.0520. The molecule has 0 aliphatic carbocycles. The van der Waals surface area contributed by atoms with E-state index in [0.717, 1.165) is 5.56 Å². The summed E-state index contributed by atoms with van der Waals surface area (Å²) in [5, 5.41) is 9.45. The summed E-state index contributed by atoms with van der Waals surface area (Å²) in [7, 11) is 3.40. The molecule has 0 saturated heterocycles. The van der Waals surface area contributed by atoms with Gasteiger partial charge in [0.2, 0.25) is 0 Å². The number of carbonyl (C=O) groups excluding carboxylic acids is 1. The second-order valence-corrected chi connectivity index (χ2v) is 3.57. The monoisotopic (exact) mass is 208 g/mol. The van der Waals surface area contributed by atoms with Gasteiger partial charge in [-0.25, -0.2) is 0 Å². The van der Waals surface area contributed by atoms with Crippen molar-refractivity contribution in [1.82, 2.24) is 4.90 Å². The lowest BCUT2D eigenvalue weighted by molar-refractivity contribution is 0.0827. The van der Waals surface area contributed by atoms with Gasteiger partial charge in [0.1, 0.15) is 0 Å². The van der Waals surface area contributed by atoms with E-state index in [1.807, 2.05) is 0 Å². The zero-order chi connectivity index (χ0) is 11.4. The molecule has 0 fully saturated rings. The maximum atomic E-state index is 11.5. The van der Waals surface area contributed by atoms with E-state index >= 15 is 0 Å². The number of benzene rings is 1. The number of carbonyl (C=O) groups is 1. The molecule has 0 aromatic heterocycles. The van der Waals surface area contributed by atoms with Gasteiger partial charge in [0.25, 0.3) is 5.91 Å². The van der Waals surface area contributed by atoms with Crippen molar-refractivity contribution >= 4 is 5.91 Å². The fourth-order valence-electron chi connectivity index (χ4n) is 1.24. The maximum absolute atomic E-state index is 11.5. The number of aliphatic hydroxyl groups is 1. The van der Waals surface area contributed by atoms with Crippen LogP contribution in [0, 0.1) is 0 Å². The third kappa shape index (κ3) is 2.78. The summed E-state index contributed by atoms with van der Waals surface area (Å²) in [5.41, 5.74) is 6.66. The van der Waals surface area contributed by atoms with Crippen LogP contribution in [0.3, 0.4) is 0 Å². The number of nitrogens with zero attached hydrogens (tertiary/aromatic N) is 1. The van der Waals surface area contributed by atoms with Crippen molar-refractivity contribution in [1.29, 1.82) is 0 Å². The van der Waals surface area contributed by atoms with Crippen LogP contribution >= 0.6 is 0 Å². The maximum Gasteiger partial charge on any atom is 0.253 e. The number of nitrogens with two attached hydrogens (primary N) is 1. The smallest absolute Gasteiger partial charge is 0.253 e. The van der Waals surface area contributed by atoms with Gasteiger partial charge in [-0.15, -0.1) is 0 Å². The van der Waals surface area contributed by atoms with Gasteiger partial charge < -0.3 is 15.7 Å². The van der Waals surface area contributed by atoms with Gasteiger partial charge in [-0.2, -0.15) is 0 Å². The zero-order valence-corrected chi connectivity index (χ0v) is 8.97. The normalized spacial score (nSPS) is 12.3. The third-order valence-corrected chi connectivity index (χ3v) is 2.17. The van der Waals surface area contributed by atoms with E-state index in [1.165, 1.54) is 4.90 Å². The first-order valence-electron chi connectivity index (χ1n) is 4.76. The largest absolute Gasteiger partial charge is 0.387 e. The summed E-state index contributed by atoms with van der Waals surface area (Å²) in [6.07, 6.45) is -0.659. The van der Waals surface area contributed by atoms with Crippen molar-refractivity contribution in [3.8, 4) is 0 Å². The van der Waals surface area contributed by atoms with E-state index in [-0.39, 0.29) is 12.5 Å². The van der Waals surface area contributed by atoms with Crippen molar-refractivity contribution in [2.75, 3.05) is 20.6 Å². The molecule has 0 spiro atoms. The second-order valence-electron chi connectivity index (χ2n) is 3.57. The minimum atomic E-state index is -0.659. The predicted molar refractivity (Wildman–Crippen MR) is 58.5 cm³/mol. The molecule has 1 amide bonds. The van der Waals surface area contributed by atoms with Gasteiger partial charge in [0.15, 0.2) is 0 Å². The molecule has 4 nitrogen and oxygen atoms in total. The van der Waals surface area contributed by atoms with Gasteiger partial charge in [-0.3, -0.25) is 4.79 Å². The fraction of sp³-hybridized carbons (Fsp3) is 0.364. The van der Waals surface area contributed by atoms with Crippen LogP contribution in [0.5, 0.6) is 0 Å². The lowest BCUT2D eigenvalue weighted by atomic mass is 10.1. The van der Waals surface area contributed by atoms with Gasteiger partial charge in [0, 0.05) is 26.2 Å². The van der Waals surface area contributed by atoms with Gasteiger partial charge in [-0.1, -0.05) is 12.1 Å². The molecule has 0 aliphatic heterocycles. The van der Waals surface area contributed by atoms with Crippen LogP contribution in [0.15, 0.2) is 24.3 Å². The SMILES string of the molecule is CN(C)C(=O)c1ccc([C@H](O)CN)cc1. The van der Waals surface area contributed by atoms with E-state index in [1.54, 1.807) is 38.4 Å². The molecule has 0 heterocycles. The van der Waals surface area contributed by atoms with Crippen LogP contribution < -0.4 is 5.73 Å². The third-order valence-electron chi connectivity index (χ3n) is 2.17. The first-order chi connectivity index (χ1) is 7.06. The lowest BCUT2D eigenvalue weighted by Crippen LogP contribution is -2.21.